The molecule has 0 aliphatic heterocycles. The molecule has 7 nitrogen and oxygen atoms in total. The number of amides is 3. The van der Waals surface area contributed by atoms with E-state index in [0.717, 1.165) is 44.9 Å². The smallest absolute Gasteiger partial charge is 0.408 e. The summed E-state index contributed by atoms with van der Waals surface area (Å²) >= 11 is 0. The van der Waals surface area contributed by atoms with E-state index in [9.17, 15) is 14.4 Å². The van der Waals surface area contributed by atoms with Crippen molar-refractivity contribution in [3.8, 4) is 12.3 Å². The fourth-order valence-corrected chi connectivity index (χ4v) is 4.09. The van der Waals surface area contributed by atoms with Gasteiger partial charge in [0.1, 0.15) is 18.2 Å². The third-order valence-electron chi connectivity index (χ3n) is 5.92. The quantitative estimate of drug-likeness (QED) is 0.232. The fourth-order valence-electron chi connectivity index (χ4n) is 4.09. The van der Waals surface area contributed by atoms with Crippen LogP contribution in [0.25, 0.3) is 0 Å². The van der Waals surface area contributed by atoms with Gasteiger partial charge in [0.05, 0.1) is 0 Å². The first kappa shape index (κ1) is 32.0. The summed E-state index contributed by atoms with van der Waals surface area (Å²) in [5.74, 6) is 2.00. The van der Waals surface area contributed by atoms with E-state index in [4.69, 9.17) is 11.2 Å². The van der Waals surface area contributed by atoms with Gasteiger partial charge < -0.3 is 20.3 Å². The average molecular weight is 514 g/mol. The molecule has 3 amide bonds. The highest BCUT2D eigenvalue weighted by molar-refractivity contribution is 5.90. The number of benzene rings is 1. The van der Waals surface area contributed by atoms with Gasteiger partial charge in [0, 0.05) is 18.2 Å². The monoisotopic (exact) mass is 513 g/mol. The van der Waals surface area contributed by atoms with Gasteiger partial charge in [-0.15, -0.1) is 6.42 Å². The van der Waals surface area contributed by atoms with E-state index >= 15 is 0 Å². The van der Waals surface area contributed by atoms with E-state index in [2.05, 4.69) is 30.4 Å². The Balaban J connectivity index is 3.20. The van der Waals surface area contributed by atoms with Gasteiger partial charge in [0.25, 0.3) is 0 Å². The molecule has 0 aliphatic rings. The van der Waals surface area contributed by atoms with Crippen molar-refractivity contribution in [1.82, 2.24) is 15.5 Å². The van der Waals surface area contributed by atoms with Gasteiger partial charge >= 0.3 is 6.09 Å². The Labute approximate surface area is 224 Å². The van der Waals surface area contributed by atoms with Crippen LogP contribution < -0.4 is 10.6 Å². The molecule has 1 aromatic carbocycles. The second-order valence-electron chi connectivity index (χ2n) is 10.6. The van der Waals surface area contributed by atoms with Gasteiger partial charge in [-0.2, -0.15) is 0 Å². The van der Waals surface area contributed by atoms with Gasteiger partial charge in [-0.05, 0) is 58.2 Å². The van der Waals surface area contributed by atoms with Gasteiger partial charge in [0.2, 0.25) is 11.8 Å². The summed E-state index contributed by atoms with van der Waals surface area (Å²) in [5, 5.41) is 5.62. The highest BCUT2D eigenvalue weighted by Gasteiger charge is 2.32. The molecule has 0 aliphatic carbocycles. The van der Waals surface area contributed by atoms with E-state index in [-0.39, 0.29) is 24.4 Å². The van der Waals surface area contributed by atoms with Crippen LogP contribution in [-0.4, -0.2) is 47.5 Å². The molecule has 37 heavy (non-hydrogen) atoms. The number of nitrogens with zero attached hydrogens (tertiary/aromatic N) is 1. The number of hydrogen-bond donors (Lipinski definition) is 2. The van der Waals surface area contributed by atoms with Crippen LogP contribution in [0.2, 0.25) is 0 Å². The Hall–Kier alpha value is -3.01. The van der Waals surface area contributed by atoms with Crippen LogP contribution in [0.1, 0.15) is 110 Å². The van der Waals surface area contributed by atoms with Crippen LogP contribution in [0.15, 0.2) is 24.3 Å². The molecule has 1 aromatic rings. The predicted octanol–water partition coefficient (Wildman–Crippen LogP) is 5.73. The highest BCUT2D eigenvalue weighted by Crippen LogP contribution is 2.24. The summed E-state index contributed by atoms with van der Waals surface area (Å²) < 4.78 is 5.28. The second-order valence-corrected chi connectivity index (χ2v) is 10.6. The van der Waals surface area contributed by atoms with Crippen LogP contribution in [0, 0.1) is 12.3 Å². The minimum Gasteiger partial charge on any atom is -0.444 e. The molecule has 7 heteroatoms. The summed E-state index contributed by atoms with van der Waals surface area (Å²) in [6.45, 7) is 11.6. The number of hydrogen-bond acceptors (Lipinski definition) is 4. The van der Waals surface area contributed by atoms with E-state index in [1.165, 1.54) is 6.42 Å². The predicted molar refractivity (Wildman–Crippen MR) is 149 cm³/mol. The van der Waals surface area contributed by atoms with Crippen LogP contribution in [0.5, 0.6) is 0 Å². The molecule has 206 valence electrons. The maximum Gasteiger partial charge on any atom is 0.408 e. The van der Waals surface area contributed by atoms with Crippen molar-refractivity contribution in [3.63, 3.8) is 0 Å². The second kappa shape index (κ2) is 16.7. The summed E-state index contributed by atoms with van der Waals surface area (Å²) in [7, 11) is 0. The summed E-state index contributed by atoms with van der Waals surface area (Å²) in [6, 6.07) is 6.28. The van der Waals surface area contributed by atoms with E-state index < -0.39 is 17.7 Å². The zero-order chi connectivity index (χ0) is 27.8. The van der Waals surface area contributed by atoms with Crippen molar-refractivity contribution >= 4 is 17.9 Å². The van der Waals surface area contributed by atoms with Gasteiger partial charge in [-0.25, -0.2) is 4.79 Å². The van der Waals surface area contributed by atoms with E-state index in [1.54, 1.807) is 49.9 Å². The zero-order valence-electron chi connectivity index (χ0n) is 23.7. The molecule has 0 bridgehead atoms. The van der Waals surface area contributed by atoms with Crippen molar-refractivity contribution in [2.24, 2.45) is 0 Å². The minimum absolute atomic E-state index is 0.0316. The van der Waals surface area contributed by atoms with Crippen LogP contribution >= 0.6 is 0 Å². The molecule has 0 radical (unpaired) electrons. The van der Waals surface area contributed by atoms with Crippen molar-refractivity contribution in [2.75, 3.05) is 13.1 Å². The topological polar surface area (TPSA) is 87.7 Å². The molecule has 0 heterocycles. The Morgan fingerprint density at radius 1 is 1.00 bits per heavy atom. The Morgan fingerprint density at radius 3 is 2.19 bits per heavy atom. The molecular formula is C30H47N3O4. The summed E-state index contributed by atoms with van der Waals surface area (Å²) in [5.41, 5.74) is 0.696. The van der Waals surface area contributed by atoms with Gasteiger partial charge in [-0.3, -0.25) is 9.59 Å². The SMILES string of the molecule is C#Cc1ccc(C(C(=O)NC(C)CCC)N(CCCCCCCC)C(=O)CNC(=O)OC(C)(C)C)cc1. The van der Waals surface area contributed by atoms with E-state index in [0.29, 0.717) is 17.7 Å². The number of carbonyl (C=O) groups excluding carboxylic acids is 3. The maximum atomic E-state index is 13.6. The number of ether oxygens (including phenoxy) is 1. The zero-order valence-corrected chi connectivity index (χ0v) is 23.7. The molecular weight excluding hydrogens is 466 g/mol. The van der Waals surface area contributed by atoms with Crippen molar-refractivity contribution in [3.05, 3.63) is 35.4 Å². The third kappa shape index (κ3) is 12.7. The lowest BCUT2D eigenvalue weighted by Crippen LogP contribution is -2.49. The third-order valence-corrected chi connectivity index (χ3v) is 5.92. The number of nitrogens with one attached hydrogen (secondary N) is 2. The first-order chi connectivity index (χ1) is 17.5. The largest absolute Gasteiger partial charge is 0.444 e. The lowest BCUT2D eigenvalue weighted by molar-refractivity contribution is -0.140. The first-order valence-electron chi connectivity index (χ1n) is 13.7. The number of unbranched alkanes of at least 4 members (excludes halogenated alkanes) is 5. The molecule has 2 unspecified atom stereocenters. The van der Waals surface area contributed by atoms with Crippen LogP contribution in [0.3, 0.4) is 0 Å². The molecule has 0 aromatic heterocycles. The molecule has 0 saturated heterocycles. The molecule has 2 atom stereocenters. The van der Waals surface area contributed by atoms with E-state index in [1.807, 2.05) is 6.92 Å². The highest BCUT2D eigenvalue weighted by atomic mass is 16.6. The number of terminal acetylenes is 1. The van der Waals surface area contributed by atoms with Gasteiger partial charge in [0.15, 0.2) is 0 Å². The minimum atomic E-state index is -0.838. The maximum absolute atomic E-state index is 13.6. The van der Waals surface area contributed by atoms with Crippen molar-refractivity contribution < 1.29 is 19.1 Å². The number of carbonyl (C=O) groups is 3. The Morgan fingerprint density at radius 2 is 1.62 bits per heavy atom. The Bertz CT molecular complexity index is 884. The van der Waals surface area contributed by atoms with Gasteiger partial charge in [-0.1, -0.05) is 70.4 Å². The molecule has 2 N–H and O–H groups in total. The standard InChI is InChI=1S/C30H47N3O4/c1-8-11-12-13-14-15-21-33(26(34)22-31-29(36)37-30(5,6)7)27(28(35)32-23(4)16-9-2)25-19-17-24(10-3)18-20-25/h3,17-20,23,27H,8-9,11-16,21-22H2,1-2,4-7H3,(H,31,36)(H,32,35). The molecule has 0 spiro atoms. The molecule has 0 fully saturated rings. The summed E-state index contributed by atoms with van der Waals surface area (Å²) in [6.07, 6.45) is 12.9. The van der Waals surface area contributed by atoms with Crippen molar-refractivity contribution in [1.29, 1.82) is 0 Å². The van der Waals surface area contributed by atoms with Crippen molar-refractivity contribution in [2.45, 2.75) is 111 Å². The van der Waals surface area contributed by atoms with Crippen LogP contribution in [-0.2, 0) is 14.3 Å². The first-order valence-corrected chi connectivity index (χ1v) is 13.7. The fraction of sp³-hybridized carbons (Fsp3) is 0.633. The molecule has 0 saturated carbocycles. The lowest BCUT2D eigenvalue weighted by atomic mass is 10.0. The summed E-state index contributed by atoms with van der Waals surface area (Å²) in [4.78, 5) is 40.8. The van der Waals surface area contributed by atoms with Crippen LogP contribution in [0.4, 0.5) is 4.79 Å². The number of rotatable bonds is 15. The lowest BCUT2D eigenvalue weighted by Gasteiger charge is -2.32. The normalized spacial score (nSPS) is 12.7. The number of alkyl carbamates (subject to hydrolysis) is 1. The Kier molecular flexibility index (Phi) is 14.4. The molecule has 1 rings (SSSR count). The average Bonchev–Trinajstić information content (AvgIpc) is 2.83.